The van der Waals surface area contributed by atoms with Gasteiger partial charge in [-0.2, -0.15) is 5.10 Å². The van der Waals surface area contributed by atoms with Crippen molar-refractivity contribution in [2.75, 3.05) is 26.2 Å². The van der Waals surface area contributed by atoms with Gasteiger partial charge in [0.1, 0.15) is 12.7 Å². The normalized spacial score (nSPS) is 19.4. The molecule has 0 aliphatic carbocycles. The first-order valence-electron chi connectivity index (χ1n) is 7.97. The van der Waals surface area contributed by atoms with Gasteiger partial charge in [-0.15, -0.1) is 0 Å². The molecule has 3 rings (SSSR count). The Hall–Kier alpha value is -1.72. The van der Waals surface area contributed by atoms with Gasteiger partial charge in [-0.05, 0) is 19.4 Å². The summed E-state index contributed by atoms with van der Waals surface area (Å²) in [4.78, 5) is 9.12. The lowest BCUT2D eigenvalue weighted by Gasteiger charge is -2.47. The number of rotatable bonds is 5. The SMILES string of the molecule is CC1(C)CN(CCn2cncn2)CCN1Cc1ccccc1. The minimum Gasteiger partial charge on any atom is -0.298 e. The van der Waals surface area contributed by atoms with E-state index in [1.807, 2.05) is 4.68 Å². The molecule has 5 nitrogen and oxygen atoms in total. The molecule has 1 aliphatic heterocycles. The highest BCUT2D eigenvalue weighted by atomic mass is 15.3. The lowest BCUT2D eigenvalue weighted by atomic mass is 9.97. The molecule has 1 aromatic heterocycles. The monoisotopic (exact) mass is 299 g/mol. The highest BCUT2D eigenvalue weighted by molar-refractivity contribution is 5.15. The third-order valence-corrected chi connectivity index (χ3v) is 4.48. The number of aromatic nitrogens is 3. The Morgan fingerprint density at radius 3 is 2.59 bits per heavy atom. The predicted octanol–water partition coefficient (Wildman–Crippen LogP) is 1.87. The quantitative estimate of drug-likeness (QED) is 0.845. The summed E-state index contributed by atoms with van der Waals surface area (Å²) in [5, 5.41) is 4.18. The fourth-order valence-electron chi connectivity index (χ4n) is 3.17. The predicted molar refractivity (Wildman–Crippen MR) is 87.4 cm³/mol. The minimum absolute atomic E-state index is 0.191. The van der Waals surface area contributed by atoms with Crippen LogP contribution in [0.3, 0.4) is 0 Å². The lowest BCUT2D eigenvalue weighted by molar-refractivity contribution is 0.0122. The molecule has 0 atom stereocenters. The molecule has 2 heterocycles. The van der Waals surface area contributed by atoms with Gasteiger partial charge in [0.2, 0.25) is 0 Å². The van der Waals surface area contributed by atoms with E-state index in [1.54, 1.807) is 12.7 Å². The van der Waals surface area contributed by atoms with Gasteiger partial charge in [0, 0.05) is 38.3 Å². The van der Waals surface area contributed by atoms with Crippen LogP contribution >= 0.6 is 0 Å². The number of hydrogen-bond acceptors (Lipinski definition) is 4. The number of piperazine rings is 1. The number of nitrogens with zero attached hydrogens (tertiary/aromatic N) is 5. The topological polar surface area (TPSA) is 37.2 Å². The molecule has 2 aromatic rings. The van der Waals surface area contributed by atoms with Crippen LogP contribution in [-0.2, 0) is 13.1 Å². The summed E-state index contributed by atoms with van der Waals surface area (Å²) in [7, 11) is 0. The lowest BCUT2D eigenvalue weighted by Crippen LogP contribution is -2.59. The zero-order valence-corrected chi connectivity index (χ0v) is 13.5. The standard InChI is InChI=1S/C17H25N5/c1-17(2)13-20(9-11-22-15-18-14-19-22)8-10-21(17)12-16-6-4-3-5-7-16/h3-7,14-15H,8-13H2,1-2H3. The van der Waals surface area contributed by atoms with Crippen LogP contribution in [-0.4, -0.2) is 56.3 Å². The van der Waals surface area contributed by atoms with Gasteiger partial charge in [-0.1, -0.05) is 30.3 Å². The number of benzene rings is 1. The summed E-state index contributed by atoms with van der Waals surface area (Å²) < 4.78 is 1.91. The Morgan fingerprint density at radius 2 is 1.91 bits per heavy atom. The Morgan fingerprint density at radius 1 is 1.09 bits per heavy atom. The van der Waals surface area contributed by atoms with Crippen LogP contribution in [0.1, 0.15) is 19.4 Å². The van der Waals surface area contributed by atoms with Crippen LogP contribution < -0.4 is 0 Å². The Bertz CT molecular complexity index is 564. The van der Waals surface area contributed by atoms with Gasteiger partial charge in [-0.3, -0.25) is 14.5 Å². The van der Waals surface area contributed by atoms with Crippen molar-refractivity contribution in [2.24, 2.45) is 0 Å². The number of hydrogen-bond donors (Lipinski definition) is 0. The highest BCUT2D eigenvalue weighted by Gasteiger charge is 2.33. The van der Waals surface area contributed by atoms with Gasteiger partial charge in [-0.25, -0.2) is 4.98 Å². The average Bonchev–Trinajstić information content (AvgIpc) is 3.02. The van der Waals surface area contributed by atoms with E-state index in [1.165, 1.54) is 5.56 Å². The molecule has 5 heteroatoms. The van der Waals surface area contributed by atoms with Gasteiger partial charge in [0.25, 0.3) is 0 Å². The Kier molecular flexibility index (Phi) is 4.55. The first-order chi connectivity index (χ1) is 10.6. The summed E-state index contributed by atoms with van der Waals surface area (Å²) >= 11 is 0. The highest BCUT2D eigenvalue weighted by Crippen LogP contribution is 2.23. The van der Waals surface area contributed by atoms with Gasteiger partial charge in [0.15, 0.2) is 0 Å². The summed E-state index contributed by atoms with van der Waals surface area (Å²) in [6, 6.07) is 10.8. The molecule has 0 radical (unpaired) electrons. The second-order valence-corrected chi connectivity index (χ2v) is 6.65. The third-order valence-electron chi connectivity index (χ3n) is 4.48. The fraction of sp³-hybridized carbons (Fsp3) is 0.529. The van der Waals surface area contributed by atoms with E-state index < -0.39 is 0 Å². The van der Waals surface area contributed by atoms with E-state index in [9.17, 15) is 0 Å². The maximum atomic E-state index is 4.18. The van der Waals surface area contributed by atoms with Crippen LogP contribution in [0.15, 0.2) is 43.0 Å². The molecule has 0 bridgehead atoms. The van der Waals surface area contributed by atoms with Crippen molar-refractivity contribution in [3.63, 3.8) is 0 Å². The molecular weight excluding hydrogens is 274 g/mol. The molecule has 0 unspecified atom stereocenters. The van der Waals surface area contributed by atoms with E-state index in [0.717, 1.165) is 39.3 Å². The molecule has 1 fully saturated rings. The first-order valence-corrected chi connectivity index (χ1v) is 7.97. The van der Waals surface area contributed by atoms with Crippen LogP contribution in [0.5, 0.6) is 0 Å². The third kappa shape index (κ3) is 3.72. The summed E-state index contributed by atoms with van der Waals surface area (Å²) in [6.45, 7) is 11.0. The second kappa shape index (κ2) is 6.58. The van der Waals surface area contributed by atoms with E-state index in [0.29, 0.717) is 0 Å². The Balaban J connectivity index is 1.55. The van der Waals surface area contributed by atoms with Crippen molar-refractivity contribution >= 4 is 0 Å². The van der Waals surface area contributed by atoms with Crippen molar-refractivity contribution in [3.05, 3.63) is 48.5 Å². The summed E-state index contributed by atoms with van der Waals surface area (Å²) in [5.41, 5.74) is 1.59. The second-order valence-electron chi connectivity index (χ2n) is 6.65. The van der Waals surface area contributed by atoms with E-state index in [4.69, 9.17) is 0 Å². The maximum Gasteiger partial charge on any atom is 0.137 e. The minimum atomic E-state index is 0.191. The summed E-state index contributed by atoms with van der Waals surface area (Å²) in [6.07, 6.45) is 3.39. The van der Waals surface area contributed by atoms with Gasteiger partial charge < -0.3 is 0 Å². The van der Waals surface area contributed by atoms with E-state index in [-0.39, 0.29) is 5.54 Å². The van der Waals surface area contributed by atoms with Crippen molar-refractivity contribution in [2.45, 2.75) is 32.5 Å². The Labute approximate surface area is 132 Å². The average molecular weight is 299 g/mol. The molecule has 1 aromatic carbocycles. The van der Waals surface area contributed by atoms with E-state index >= 15 is 0 Å². The van der Waals surface area contributed by atoms with Crippen LogP contribution in [0, 0.1) is 0 Å². The van der Waals surface area contributed by atoms with Crippen molar-refractivity contribution < 1.29 is 0 Å². The van der Waals surface area contributed by atoms with Crippen LogP contribution in [0.25, 0.3) is 0 Å². The van der Waals surface area contributed by atoms with Gasteiger partial charge >= 0.3 is 0 Å². The first kappa shape index (κ1) is 15.2. The van der Waals surface area contributed by atoms with Crippen molar-refractivity contribution in [3.8, 4) is 0 Å². The molecule has 1 aliphatic rings. The molecule has 1 saturated heterocycles. The zero-order valence-electron chi connectivity index (χ0n) is 13.5. The molecule has 0 N–H and O–H groups in total. The summed E-state index contributed by atoms with van der Waals surface area (Å²) in [5.74, 6) is 0. The van der Waals surface area contributed by atoms with Crippen molar-refractivity contribution in [1.29, 1.82) is 0 Å². The van der Waals surface area contributed by atoms with Crippen molar-refractivity contribution in [1.82, 2.24) is 24.6 Å². The maximum absolute atomic E-state index is 4.18. The molecule has 22 heavy (non-hydrogen) atoms. The fourth-order valence-corrected chi connectivity index (χ4v) is 3.17. The molecule has 0 spiro atoms. The van der Waals surface area contributed by atoms with Crippen LogP contribution in [0.2, 0.25) is 0 Å². The van der Waals surface area contributed by atoms with Crippen LogP contribution in [0.4, 0.5) is 0 Å². The largest absolute Gasteiger partial charge is 0.298 e. The van der Waals surface area contributed by atoms with E-state index in [2.05, 4.69) is 64.1 Å². The molecular formula is C17H25N5. The molecule has 118 valence electrons. The zero-order chi connectivity index (χ0) is 15.4. The smallest absolute Gasteiger partial charge is 0.137 e. The molecule has 0 saturated carbocycles. The molecule has 0 amide bonds. The van der Waals surface area contributed by atoms with Gasteiger partial charge in [0.05, 0.1) is 6.54 Å².